The van der Waals surface area contributed by atoms with Crippen LogP contribution in [0, 0.1) is 0 Å². The summed E-state index contributed by atoms with van der Waals surface area (Å²) in [5.41, 5.74) is 0.672. The molecule has 1 aromatic rings. The number of piperazine rings is 1. The van der Waals surface area contributed by atoms with Crippen LogP contribution in [0.5, 0.6) is 0 Å². The van der Waals surface area contributed by atoms with Crippen molar-refractivity contribution in [2.24, 2.45) is 0 Å². The van der Waals surface area contributed by atoms with E-state index in [2.05, 4.69) is 10.2 Å². The second-order valence-corrected chi connectivity index (χ2v) is 4.51. The van der Waals surface area contributed by atoms with Gasteiger partial charge >= 0.3 is 0 Å². The highest BCUT2D eigenvalue weighted by Gasteiger charge is 2.17. The van der Waals surface area contributed by atoms with Gasteiger partial charge in [0, 0.05) is 37.7 Å². The van der Waals surface area contributed by atoms with Crippen LogP contribution >= 0.6 is 11.6 Å². The molecule has 4 heteroatoms. The maximum atomic E-state index is 14.0. The van der Waals surface area contributed by atoms with Gasteiger partial charge in [0.15, 0.2) is 0 Å². The van der Waals surface area contributed by atoms with Crippen molar-refractivity contribution in [3.8, 4) is 0 Å². The smallest absolute Gasteiger partial charge is 0.138 e. The van der Waals surface area contributed by atoms with E-state index in [9.17, 15) is 4.39 Å². The van der Waals surface area contributed by atoms with Crippen molar-refractivity contribution in [1.82, 2.24) is 10.2 Å². The fourth-order valence-electron chi connectivity index (χ4n) is 1.93. The highest BCUT2D eigenvalue weighted by molar-refractivity contribution is 6.30. The minimum absolute atomic E-state index is 0.460. The molecule has 16 heavy (non-hydrogen) atoms. The third-order valence-corrected chi connectivity index (χ3v) is 3.07. The van der Waals surface area contributed by atoms with E-state index in [1.54, 1.807) is 24.3 Å². The minimum atomic E-state index is -0.947. The van der Waals surface area contributed by atoms with Gasteiger partial charge in [-0.25, -0.2) is 4.39 Å². The summed E-state index contributed by atoms with van der Waals surface area (Å²) in [5.74, 6) is 0. The Labute approximate surface area is 100 Å². The number of halogens is 2. The zero-order chi connectivity index (χ0) is 11.4. The fourth-order valence-corrected chi connectivity index (χ4v) is 2.13. The van der Waals surface area contributed by atoms with Crippen molar-refractivity contribution in [1.29, 1.82) is 0 Å². The Hall–Kier alpha value is -0.640. The quantitative estimate of drug-likeness (QED) is 0.875. The normalized spacial score (nSPS) is 19.6. The Morgan fingerprint density at radius 1 is 1.38 bits per heavy atom. The summed E-state index contributed by atoms with van der Waals surface area (Å²) in [7, 11) is 0. The summed E-state index contributed by atoms with van der Waals surface area (Å²) in [6.07, 6.45) is -0.947. The van der Waals surface area contributed by atoms with E-state index in [1.807, 2.05) is 0 Å². The van der Waals surface area contributed by atoms with Crippen LogP contribution < -0.4 is 5.32 Å². The molecule has 2 nitrogen and oxygen atoms in total. The molecule has 1 fully saturated rings. The predicted molar refractivity (Wildman–Crippen MR) is 64.6 cm³/mol. The van der Waals surface area contributed by atoms with Gasteiger partial charge in [-0.05, 0) is 17.7 Å². The first-order valence-electron chi connectivity index (χ1n) is 5.58. The molecule has 1 saturated heterocycles. The van der Waals surface area contributed by atoms with Crippen LogP contribution in [-0.2, 0) is 0 Å². The molecule has 1 heterocycles. The Balaban J connectivity index is 1.94. The van der Waals surface area contributed by atoms with Gasteiger partial charge in [0.05, 0.1) is 0 Å². The van der Waals surface area contributed by atoms with Crippen molar-refractivity contribution in [3.63, 3.8) is 0 Å². The van der Waals surface area contributed by atoms with Gasteiger partial charge < -0.3 is 5.32 Å². The lowest BCUT2D eigenvalue weighted by molar-refractivity contribution is 0.175. The van der Waals surface area contributed by atoms with E-state index in [0.717, 1.165) is 26.2 Å². The van der Waals surface area contributed by atoms with Crippen LogP contribution in [0.3, 0.4) is 0 Å². The molecule has 0 bridgehead atoms. The van der Waals surface area contributed by atoms with E-state index >= 15 is 0 Å². The molecule has 88 valence electrons. The monoisotopic (exact) mass is 242 g/mol. The number of benzene rings is 1. The van der Waals surface area contributed by atoms with Gasteiger partial charge in [-0.15, -0.1) is 0 Å². The van der Waals surface area contributed by atoms with Crippen LogP contribution in [-0.4, -0.2) is 37.6 Å². The van der Waals surface area contributed by atoms with E-state index < -0.39 is 6.17 Å². The van der Waals surface area contributed by atoms with Gasteiger partial charge in [0.25, 0.3) is 0 Å². The average Bonchev–Trinajstić information content (AvgIpc) is 2.30. The number of hydrogen-bond acceptors (Lipinski definition) is 2. The highest BCUT2D eigenvalue weighted by atomic mass is 35.5. The van der Waals surface area contributed by atoms with E-state index in [0.29, 0.717) is 17.1 Å². The number of nitrogens with zero attached hydrogens (tertiary/aromatic N) is 1. The summed E-state index contributed by atoms with van der Waals surface area (Å²) in [6.45, 7) is 4.19. The maximum Gasteiger partial charge on any atom is 0.138 e. The summed E-state index contributed by atoms with van der Waals surface area (Å²) in [4.78, 5) is 2.14. The molecule has 0 radical (unpaired) electrons. The van der Waals surface area contributed by atoms with E-state index in [1.165, 1.54) is 0 Å². The van der Waals surface area contributed by atoms with Crippen molar-refractivity contribution in [2.75, 3.05) is 32.7 Å². The molecule has 0 saturated carbocycles. The Morgan fingerprint density at radius 2 is 2.12 bits per heavy atom. The van der Waals surface area contributed by atoms with Gasteiger partial charge in [0.1, 0.15) is 6.17 Å². The Bertz CT molecular complexity index is 340. The van der Waals surface area contributed by atoms with Gasteiger partial charge in [-0.3, -0.25) is 4.90 Å². The van der Waals surface area contributed by atoms with Crippen LogP contribution in [0.2, 0.25) is 5.02 Å². The first kappa shape index (κ1) is 11.8. The van der Waals surface area contributed by atoms with Crippen molar-refractivity contribution >= 4 is 11.6 Å². The predicted octanol–water partition coefficient (Wildman–Crippen LogP) is 2.26. The van der Waals surface area contributed by atoms with E-state index in [4.69, 9.17) is 11.6 Å². The van der Waals surface area contributed by atoms with E-state index in [-0.39, 0.29) is 0 Å². The minimum Gasteiger partial charge on any atom is -0.314 e. The summed E-state index contributed by atoms with van der Waals surface area (Å²) >= 11 is 5.84. The standard InChI is InChI=1S/C12H16ClFN2/c13-11-3-1-2-10(8-11)12(14)9-16-6-4-15-5-7-16/h1-3,8,12,15H,4-7,9H2. The Morgan fingerprint density at radius 3 is 2.81 bits per heavy atom. The molecule has 1 aliphatic heterocycles. The van der Waals surface area contributed by atoms with Crippen LogP contribution in [0.4, 0.5) is 4.39 Å². The second kappa shape index (κ2) is 5.62. The molecule has 1 N–H and O–H groups in total. The van der Waals surface area contributed by atoms with Crippen LogP contribution in [0.15, 0.2) is 24.3 Å². The molecule has 0 spiro atoms. The zero-order valence-corrected chi connectivity index (χ0v) is 9.88. The molecule has 2 rings (SSSR count). The molecule has 0 aliphatic carbocycles. The maximum absolute atomic E-state index is 14.0. The molecule has 1 atom stereocenters. The van der Waals surface area contributed by atoms with Crippen molar-refractivity contribution in [2.45, 2.75) is 6.17 Å². The van der Waals surface area contributed by atoms with Gasteiger partial charge in [0.2, 0.25) is 0 Å². The molecule has 1 aliphatic rings. The first-order chi connectivity index (χ1) is 7.75. The third kappa shape index (κ3) is 3.17. The molecular weight excluding hydrogens is 227 g/mol. The Kier molecular flexibility index (Phi) is 4.16. The lowest BCUT2D eigenvalue weighted by Gasteiger charge is -2.28. The third-order valence-electron chi connectivity index (χ3n) is 2.84. The molecule has 1 unspecified atom stereocenters. The van der Waals surface area contributed by atoms with Gasteiger partial charge in [-0.2, -0.15) is 0 Å². The first-order valence-corrected chi connectivity index (χ1v) is 5.96. The largest absolute Gasteiger partial charge is 0.314 e. The average molecular weight is 243 g/mol. The fraction of sp³-hybridized carbons (Fsp3) is 0.500. The molecular formula is C12H16ClFN2. The second-order valence-electron chi connectivity index (χ2n) is 4.07. The summed E-state index contributed by atoms with van der Waals surface area (Å²) in [6, 6.07) is 7.05. The van der Waals surface area contributed by atoms with Crippen LogP contribution in [0.25, 0.3) is 0 Å². The number of alkyl halides is 1. The molecule has 0 amide bonds. The molecule has 1 aromatic carbocycles. The summed E-state index contributed by atoms with van der Waals surface area (Å²) < 4.78 is 14.0. The summed E-state index contributed by atoms with van der Waals surface area (Å²) in [5, 5.41) is 3.85. The van der Waals surface area contributed by atoms with Crippen molar-refractivity contribution in [3.05, 3.63) is 34.9 Å². The SMILES string of the molecule is FC(CN1CCNCC1)c1cccc(Cl)c1. The lowest BCUT2D eigenvalue weighted by atomic mass is 10.1. The number of hydrogen-bond donors (Lipinski definition) is 1. The number of nitrogens with one attached hydrogen (secondary N) is 1. The van der Waals surface area contributed by atoms with Crippen LogP contribution in [0.1, 0.15) is 11.7 Å². The number of rotatable bonds is 3. The molecule has 0 aromatic heterocycles. The van der Waals surface area contributed by atoms with Gasteiger partial charge in [-0.1, -0.05) is 23.7 Å². The zero-order valence-electron chi connectivity index (χ0n) is 9.13. The lowest BCUT2D eigenvalue weighted by Crippen LogP contribution is -2.44. The highest BCUT2D eigenvalue weighted by Crippen LogP contribution is 2.21. The topological polar surface area (TPSA) is 15.3 Å². The van der Waals surface area contributed by atoms with Crippen molar-refractivity contribution < 1.29 is 4.39 Å².